The highest BCUT2D eigenvalue weighted by atomic mass is 35.5. The van der Waals surface area contributed by atoms with Crippen molar-refractivity contribution in [2.24, 2.45) is 0 Å². The fraction of sp³-hybridized carbons (Fsp3) is 0.364. The quantitative estimate of drug-likeness (QED) is 0.457. The molecule has 1 saturated carbocycles. The van der Waals surface area contributed by atoms with Gasteiger partial charge in [0, 0.05) is 17.7 Å². The third kappa shape index (κ3) is 4.71. The minimum absolute atomic E-state index is 0. The Morgan fingerprint density at radius 2 is 1.82 bits per heavy atom. The summed E-state index contributed by atoms with van der Waals surface area (Å²) in [7, 11) is 0. The lowest BCUT2D eigenvalue weighted by atomic mass is 9.78. The first-order chi connectivity index (χ1) is 15.2. The van der Waals surface area contributed by atoms with E-state index in [4.69, 9.17) is 4.74 Å². The molecule has 2 heterocycles. The van der Waals surface area contributed by atoms with Crippen LogP contribution in [0.1, 0.15) is 37.4 Å². The van der Waals surface area contributed by atoms with E-state index in [2.05, 4.69) is 14.7 Å². The molecular formula is C22H20ClF4N3O3. The standard InChI is InChI=1S/C22H19F4N3O3.ClH/c23-14-1-3-15(4-2-14)29-12-21(32-20(29)30)9-7-13(8-10-21)19-27-17-6-5-16(11-18(17)28-19)31-22(24,25)26;/h1-6,11,13H,7-10,12H2,(H,27,28);1H/t13-,21-;. The Kier molecular flexibility index (Phi) is 5.90. The van der Waals surface area contributed by atoms with E-state index in [0.717, 1.165) is 0 Å². The monoisotopic (exact) mass is 485 g/mol. The lowest BCUT2D eigenvalue weighted by Crippen LogP contribution is -2.38. The maximum absolute atomic E-state index is 13.2. The molecule has 5 rings (SSSR count). The molecular weight excluding hydrogens is 466 g/mol. The Hall–Kier alpha value is -3.01. The van der Waals surface area contributed by atoms with Crippen LogP contribution in [0.25, 0.3) is 11.0 Å². The van der Waals surface area contributed by atoms with E-state index in [1.54, 1.807) is 12.1 Å². The highest BCUT2D eigenvalue weighted by Crippen LogP contribution is 2.43. The lowest BCUT2D eigenvalue weighted by molar-refractivity contribution is -0.274. The second kappa shape index (κ2) is 8.40. The van der Waals surface area contributed by atoms with Gasteiger partial charge >= 0.3 is 12.5 Å². The fourth-order valence-electron chi connectivity index (χ4n) is 4.52. The molecule has 2 aliphatic rings. The van der Waals surface area contributed by atoms with E-state index in [0.29, 0.717) is 54.8 Å². The molecule has 176 valence electrons. The predicted octanol–water partition coefficient (Wildman–Crippen LogP) is 6.08. The van der Waals surface area contributed by atoms with Crippen molar-refractivity contribution >= 4 is 35.2 Å². The number of benzene rings is 2. The van der Waals surface area contributed by atoms with Gasteiger partial charge in [0.1, 0.15) is 23.0 Å². The zero-order valence-corrected chi connectivity index (χ0v) is 18.0. The number of anilines is 1. The summed E-state index contributed by atoms with van der Waals surface area (Å²) in [5.74, 6) is 0.0705. The zero-order valence-electron chi connectivity index (χ0n) is 17.2. The van der Waals surface area contributed by atoms with Crippen LogP contribution in [0, 0.1) is 5.82 Å². The predicted molar refractivity (Wildman–Crippen MR) is 114 cm³/mol. The molecule has 0 atom stereocenters. The molecule has 0 unspecified atom stereocenters. The molecule has 0 bridgehead atoms. The molecule has 1 aromatic heterocycles. The Balaban J connectivity index is 0.00000259. The van der Waals surface area contributed by atoms with Gasteiger partial charge in [0.2, 0.25) is 0 Å². The van der Waals surface area contributed by atoms with E-state index >= 15 is 0 Å². The highest BCUT2D eigenvalue weighted by Gasteiger charge is 2.48. The normalized spacial score (nSPS) is 23.0. The van der Waals surface area contributed by atoms with Crippen molar-refractivity contribution in [1.82, 2.24) is 9.97 Å². The number of amides is 1. The van der Waals surface area contributed by atoms with Crippen molar-refractivity contribution in [2.45, 2.75) is 43.6 Å². The van der Waals surface area contributed by atoms with Crippen LogP contribution in [0.4, 0.5) is 28.0 Å². The van der Waals surface area contributed by atoms with Gasteiger partial charge in [-0.1, -0.05) is 0 Å². The highest BCUT2D eigenvalue weighted by molar-refractivity contribution is 5.90. The smallest absolute Gasteiger partial charge is 0.441 e. The fourth-order valence-corrected chi connectivity index (χ4v) is 4.52. The Morgan fingerprint density at radius 1 is 1.12 bits per heavy atom. The number of nitrogens with zero attached hydrogens (tertiary/aromatic N) is 2. The molecule has 1 amide bonds. The van der Waals surface area contributed by atoms with E-state index in [9.17, 15) is 22.4 Å². The molecule has 2 fully saturated rings. The summed E-state index contributed by atoms with van der Waals surface area (Å²) < 4.78 is 60.3. The maximum atomic E-state index is 13.2. The molecule has 0 radical (unpaired) electrons. The number of rotatable bonds is 3. The van der Waals surface area contributed by atoms with Crippen LogP contribution in [0.5, 0.6) is 5.75 Å². The third-order valence-electron chi connectivity index (χ3n) is 6.10. The van der Waals surface area contributed by atoms with Gasteiger partial charge in [-0.2, -0.15) is 0 Å². The van der Waals surface area contributed by atoms with Crippen LogP contribution in [-0.4, -0.2) is 34.6 Å². The largest absolute Gasteiger partial charge is 0.573 e. The van der Waals surface area contributed by atoms with Crippen LogP contribution in [0.15, 0.2) is 42.5 Å². The average Bonchev–Trinajstić information content (AvgIpc) is 3.29. The van der Waals surface area contributed by atoms with E-state index < -0.39 is 18.1 Å². The molecule has 1 aliphatic carbocycles. The number of nitrogens with one attached hydrogen (secondary N) is 1. The van der Waals surface area contributed by atoms with Gasteiger partial charge in [-0.3, -0.25) is 4.90 Å². The van der Waals surface area contributed by atoms with Crippen molar-refractivity contribution < 1.29 is 31.8 Å². The third-order valence-corrected chi connectivity index (χ3v) is 6.10. The number of halogens is 5. The van der Waals surface area contributed by atoms with Crippen LogP contribution in [0.2, 0.25) is 0 Å². The van der Waals surface area contributed by atoms with Crippen molar-refractivity contribution in [3.05, 3.63) is 54.1 Å². The van der Waals surface area contributed by atoms with E-state index in [1.807, 2.05) is 0 Å². The second-order valence-corrected chi connectivity index (χ2v) is 8.24. The molecule has 1 aliphatic heterocycles. The van der Waals surface area contributed by atoms with Crippen LogP contribution in [-0.2, 0) is 4.74 Å². The Bertz CT molecular complexity index is 1160. The lowest BCUT2D eigenvalue weighted by Gasteiger charge is -2.34. The minimum atomic E-state index is -4.76. The van der Waals surface area contributed by atoms with Gasteiger partial charge in [0.25, 0.3) is 0 Å². The first kappa shape index (κ1) is 23.2. The summed E-state index contributed by atoms with van der Waals surface area (Å²) in [4.78, 5) is 21.6. The number of carbonyl (C=O) groups is 1. The van der Waals surface area contributed by atoms with Gasteiger partial charge < -0.3 is 14.5 Å². The van der Waals surface area contributed by atoms with Crippen molar-refractivity contribution in [3.8, 4) is 5.75 Å². The number of imidazole rings is 1. The Labute approximate surface area is 192 Å². The first-order valence-corrected chi connectivity index (χ1v) is 10.2. The van der Waals surface area contributed by atoms with Gasteiger partial charge in [-0.25, -0.2) is 14.2 Å². The van der Waals surface area contributed by atoms with Crippen molar-refractivity contribution in [3.63, 3.8) is 0 Å². The number of aromatic nitrogens is 2. The molecule has 2 aromatic carbocycles. The van der Waals surface area contributed by atoms with Gasteiger partial charge in [0.05, 0.1) is 17.6 Å². The summed E-state index contributed by atoms with van der Waals surface area (Å²) in [6.45, 7) is 0.391. The SMILES string of the molecule is Cl.O=C1O[C@]2(CC[C@H](c3nc4cc(OC(F)(F)F)ccc4[nH]3)CC2)CN1c1ccc(F)cc1. The van der Waals surface area contributed by atoms with Crippen LogP contribution < -0.4 is 9.64 Å². The number of alkyl halides is 3. The van der Waals surface area contributed by atoms with Crippen LogP contribution >= 0.6 is 12.4 Å². The molecule has 1 saturated heterocycles. The zero-order chi connectivity index (χ0) is 22.5. The van der Waals surface area contributed by atoms with Gasteiger partial charge in [0.15, 0.2) is 0 Å². The summed E-state index contributed by atoms with van der Waals surface area (Å²) in [5, 5.41) is 0. The number of ether oxygens (including phenoxy) is 2. The van der Waals surface area contributed by atoms with E-state index in [1.165, 1.54) is 35.2 Å². The number of H-pyrrole nitrogens is 1. The minimum Gasteiger partial charge on any atom is -0.441 e. The summed E-state index contributed by atoms with van der Waals surface area (Å²) in [6, 6.07) is 9.71. The molecule has 33 heavy (non-hydrogen) atoms. The van der Waals surface area contributed by atoms with Crippen molar-refractivity contribution in [2.75, 3.05) is 11.4 Å². The maximum Gasteiger partial charge on any atom is 0.573 e. The van der Waals surface area contributed by atoms with Crippen molar-refractivity contribution in [1.29, 1.82) is 0 Å². The van der Waals surface area contributed by atoms with Gasteiger partial charge in [-0.05, 0) is 62.1 Å². The number of hydrogen-bond donors (Lipinski definition) is 1. The molecule has 1 spiro atoms. The molecule has 6 nitrogen and oxygen atoms in total. The summed E-state index contributed by atoms with van der Waals surface area (Å²) in [6.07, 6.45) is -2.55. The Morgan fingerprint density at radius 3 is 2.48 bits per heavy atom. The molecule has 11 heteroatoms. The summed E-state index contributed by atoms with van der Waals surface area (Å²) in [5.41, 5.74) is 1.01. The molecule has 3 aromatic rings. The first-order valence-electron chi connectivity index (χ1n) is 10.2. The summed E-state index contributed by atoms with van der Waals surface area (Å²) >= 11 is 0. The average molecular weight is 486 g/mol. The van der Waals surface area contributed by atoms with Crippen LogP contribution in [0.3, 0.4) is 0 Å². The van der Waals surface area contributed by atoms with Gasteiger partial charge in [-0.15, -0.1) is 25.6 Å². The number of aromatic amines is 1. The number of hydrogen-bond acceptors (Lipinski definition) is 4. The molecule has 1 N–H and O–H groups in total. The topological polar surface area (TPSA) is 67.5 Å². The number of fused-ring (bicyclic) bond motifs is 1. The second-order valence-electron chi connectivity index (χ2n) is 8.24. The van der Waals surface area contributed by atoms with E-state index in [-0.39, 0.29) is 29.9 Å². The number of carbonyl (C=O) groups excluding carboxylic acids is 1.